The largest absolute Gasteiger partial charge is 0.0996 e. The first-order valence-electron chi connectivity index (χ1n) is 6.86. The van der Waals surface area contributed by atoms with Gasteiger partial charge in [0.2, 0.25) is 0 Å². The predicted molar refractivity (Wildman–Crippen MR) is 69.0 cm³/mol. The molecular weight excluding hydrogens is 180 g/mol. The van der Waals surface area contributed by atoms with E-state index in [1.165, 1.54) is 38.5 Å². The molecular formula is C15H28. The van der Waals surface area contributed by atoms with E-state index in [0.717, 1.165) is 11.8 Å². The summed E-state index contributed by atoms with van der Waals surface area (Å²) in [5, 5.41) is 0. The highest BCUT2D eigenvalue weighted by molar-refractivity contribution is 5.14. The molecule has 2 aliphatic carbocycles. The standard InChI is InChI=1S/C13H22.C2H6/c1-4-11-7-8-12-10(2)6-5-9-13(11,12)3;1-2/h11-12H,2,4-9H2,1,3H3;1-2H3/t11-,12?,13+;/m0./s1. The van der Waals surface area contributed by atoms with Crippen LogP contribution < -0.4 is 0 Å². The van der Waals surface area contributed by atoms with Gasteiger partial charge in [0.1, 0.15) is 0 Å². The summed E-state index contributed by atoms with van der Waals surface area (Å²) in [4.78, 5) is 0. The highest BCUT2D eigenvalue weighted by Crippen LogP contribution is 2.57. The molecule has 1 unspecified atom stereocenters. The van der Waals surface area contributed by atoms with Crippen LogP contribution in [0, 0.1) is 17.3 Å². The molecule has 0 aromatic carbocycles. The van der Waals surface area contributed by atoms with Crippen LogP contribution in [0.5, 0.6) is 0 Å². The molecule has 0 amide bonds. The highest BCUT2D eigenvalue weighted by atomic mass is 14.5. The maximum Gasteiger partial charge on any atom is -0.0149 e. The Bertz CT molecular complexity index is 216. The van der Waals surface area contributed by atoms with Crippen LogP contribution in [0.4, 0.5) is 0 Å². The lowest BCUT2D eigenvalue weighted by atomic mass is 9.63. The van der Waals surface area contributed by atoms with Crippen LogP contribution in [0.25, 0.3) is 0 Å². The van der Waals surface area contributed by atoms with Gasteiger partial charge in [-0.05, 0) is 49.4 Å². The van der Waals surface area contributed by atoms with Crippen LogP contribution in [-0.4, -0.2) is 0 Å². The Kier molecular flexibility index (Phi) is 4.43. The summed E-state index contributed by atoms with van der Waals surface area (Å²) in [7, 11) is 0. The molecule has 2 saturated carbocycles. The maximum atomic E-state index is 4.27. The molecule has 0 saturated heterocycles. The van der Waals surface area contributed by atoms with Gasteiger partial charge >= 0.3 is 0 Å². The van der Waals surface area contributed by atoms with Crippen molar-refractivity contribution < 1.29 is 0 Å². The lowest BCUT2D eigenvalue weighted by Gasteiger charge is -2.41. The van der Waals surface area contributed by atoms with Crippen LogP contribution in [0.1, 0.15) is 66.2 Å². The molecule has 0 aromatic rings. The molecule has 3 atom stereocenters. The van der Waals surface area contributed by atoms with E-state index in [9.17, 15) is 0 Å². The SMILES string of the molecule is C=C1CCC[C@@]2(C)C1CC[C@@H]2CC.CC. The van der Waals surface area contributed by atoms with E-state index in [-0.39, 0.29) is 0 Å². The fourth-order valence-corrected chi connectivity index (χ4v) is 3.90. The van der Waals surface area contributed by atoms with Crippen molar-refractivity contribution in [3.8, 4) is 0 Å². The van der Waals surface area contributed by atoms with Crippen molar-refractivity contribution in [1.82, 2.24) is 0 Å². The van der Waals surface area contributed by atoms with Gasteiger partial charge in [-0.1, -0.05) is 46.3 Å². The van der Waals surface area contributed by atoms with Gasteiger partial charge in [0.15, 0.2) is 0 Å². The van der Waals surface area contributed by atoms with Gasteiger partial charge in [0.25, 0.3) is 0 Å². The molecule has 88 valence electrons. The van der Waals surface area contributed by atoms with E-state index in [1.807, 2.05) is 13.8 Å². The van der Waals surface area contributed by atoms with Gasteiger partial charge in [0.05, 0.1) is 0 Å². The van der Waals surface area contributed by atoms with E-state index in [1.54, 1.807) is 5.57 Å². The molecule has 2 rings (SSSR count). The smallest absolute Gasteiger partial charge is 0.0149 e. The van der Waals surface area contributed by atoms with E-state index in [0.29, 0.717) is 5.41 Å². The second-order valence-electron chi connectivity index (χ2n) is 5.25. The molecule has 0 radical (unpaired) electrons. The van der Waals surface area contributed by atoms with Crippen molar-refractivity contribution in [2.45, 2.75) is 66.2 Å². The van der Waals surface area contributed by atoms with Crippen LogP contribution in [0.3, 0.4) is 0 Å². The average Bonchev–Trinajstić information content (AvgIpc) is 2.59. The third-order valence-electron chi connectivity index (χ3n) is 4.73. The van der Waals surface area contributed by atoms with Crippen molar-refractivity contribution in [1.29, 1.82) is 0 Å². The third kappa shape index (κ3) is 2.14. The summed E-state index contributed by atoms with van der Waals surface area (Å²) >= 11 is 0. The Morgan fingerprint density at radius 2 is 2.00 bits per heavy atom. The molecule has 0 N–H and O–H groups in total. The van der Waals surface area contributed by atoms with Crippen LogP contribution >= 0.6 is 0 Å². The number of allylic oxidation sites excluding steroid dienone is 1. The Morgan fingerprint density at radius 1 is 1.33 bits per heavy atom. The van der Waals surface area contributed by atoms with E-state index in [2.05, 4.69) is 20.4 Å². The molecule has 0 heterocycles. The van der Waals surface area contributed by atoms with Crippen molar-refractivity contribution in [3.63, 3.8) is 0 Å². The summed E-state index contributed by atoms with van der Waals surface area (Å²) < 4.78 is 0. The second-order valence-corrected chi connectivity index (χ2v) is 5.25. The Labute approximate surface area is 96.2 Å². The first-order valence-corrected chi connectivity index (χ1v) is 6.86. The van der Waals surface area contributed by atoms with Gasteiger partial charge in [-0.2, -0.15) is 0 Å². The fourth-order valence-electron chi connectivity index (χ4n) is 3.90. The topological polar surface area (TPSA) is 0 Å². The minimum Gasteiger partial charge on any atom is -0.0996 e. The van der Waals surface area contributed by atoms with Gasteiger partial charge in [-0.15, -0.1) is 0 Å². The average molecular weight is 208 g/mol. The quantitative estimate of drug-likeness (QED) is 0.520. The van der Waals surface area contributed by atoms with Crippen LogP contribution in [-0.2, 0) is 0 Å². The lowest BCUT2D eigenvalue weighted by molar-refractivity contribution is 0.133. The zero-order valence-corrected chi connectivity index (χ0v) is 11.1. The van der Waals surface area contributed by atoms with Crippen molar-refractivity contribution >= 4 is 0 Å². The zero-order chi connectivity index (χ0) is 11.5. The van der Waals surface area contributed by atoms with E-state index in [4.69, 9.17) is 0 Å². The van der Waals surface area contributed by atoms with Gasteiger partial charge in [-0.25, -0.2) is 0 Å². The summed E-state index contributed by atoms with van der Waals surface area (Å²) in [5.41, 5.74) is 2.19. The first kappa shape index (κ1) is 12.8. The number of fused-ring (bicyclic) bond motifs is 1. The molecule has 0 heteroatoms. The predicted octanol–water partition coefficient (Wildman–Crippen LogP) is 5.20. The molecule has 2 aliphatic rings. The molecule has 15 heavy (non-hydrogen) atoms. The highest BCUT2D eigenvalue weighted by Gasteiger charge is 2.47. The summed E-state index contributed by atoms with van der Waals surface area (Å²) in [6, 6.07) is 0. The fraction of sp³-hybridized carbons (Fsp3) is 0.867. The number of hydrogen-bond acceptors (Lipinski definition) is 0. The zero-order valence-electron chi connectivity index (χ0n) is 11.1. The third-order valence-corrected chi connectivity index (χ3v) is 4.73. The molecule has 0 spiro atoms. The molecule has 0 aliphatic heterocycles. The van der Waals surface area contributed by atoms with Gasteiger partial charge in [0, 0.05) is 0 Å². The first-order chi connectivity index (χ1) is 7.18. The van der Waals surface area contributed by atoms with Crippen LogP contribution in [0.2, 0.25) is 0 Å². The Morgan fingerprint density at radius 3 is 2.60 bits per heavy atom. The van der Waals surface area contributed by atoms with E-state index >= 15 is 0 Å². The molecule has 0 nitrogen and oxygen atoms in total. The van der Waals surface area contributed by atoms with Crippen molar-refractivity contribution in [2.75, 3.05) is 0 Å². The summed E-state index contributed by atoms with van der Waals surface area (Å²) in [6.45, 7) is 13.1. The van der Waals surface area contributed by atoms with Crippen molar-refractivity contribution in [2.24, 2.45) is 17.3 Å². The van der Waals surface area contributed by atoms with Gasteiger partial charge < -0.3 is 0 Å². The summed E-state index contributed by atoms with van der Waals surface area (Å²) in [6.07, 6.45) is 8.40. The maximum absolute atomic E-state index is 4.27. The second kappa shape index (κ2) is 5.18. The van der Waals surface area contributed by atoms with Gasteiger partial charge in [-0.3, -0.25) is 0 Å². The van der Waals surface area contributed by atoms with Crippen molar-refractivity contribution in [3.05, 3.63) is 12.2 Å². The minimum atomic E-state index is 0.629. The molecule has 0 bridgehead atoms. The van der Waals surface area contributed by atoms with Crippen LogP contribution in [0.15, 0.2) is 12.2 Å². The summed E-state index contributed by atoms with van der Waals surface area (Å²) in [5.74, 6) is 1.85. The normalized spacial score (nSPS) is 39.3. The number of rotatable bonds is 1. The lowest BCUT2D eigenvalue weighted by Crippen LogP contribution is -2.32. The molecule has 0 aromatic heterocycles. The monoisotopic (exact) mass is 208 g/mol. The Balaban J connectivity index is 0.000000531. The Hall–Kier alpha value is -0.260. The van der Waals surface area contributed by atoms with E-state index < -0.39 is 0 Å². The molecule has 2 fully saturated rings. The number of hydrogen-bond donors (Lipinski definition) is 0. The minimum absolute atomic E-state index is 0.629.